The van der Waals surface area contributed by atoms with Crippen molar-refractivity contribution in [3.63, 3.8) is 0 Å². The van der Waals surface area contributed by atoms with E-state index in [1.807, 2.05) is 0 Å². The van der Waals surface area contributed by atoms with Crippen LogP contribution in [-0.4, -0.2) is 36.1 Å². The summed E-state index contributed by atoms with van der Waals surface area (Å²) in [7, 11) is 0. The lowest BCUT2D eigenvalue weighted by atomic mass is 10.2. The second kappa shape index (κ2) is 5.85. The molecule has 2 heterocycles. The maximum Gasteiger partial charge on any atom is 0.225 e. The summed E-state index contributed by atoms with van der Waals surface area (Å²) in [5.74, 6) is 0.401. The van der Waals surface area contributed by atoms with E-state index >= 15 is 0 Å². The molecule has 7 heteroatoms. The lowest BCUT2D eigenvalue weighted by molar-refractivity contribution is 0.618. The van der Waals surface area contributed by atoms with Crippen LogP contribution in [0.3, 0.4) is 0 Å². The highest BCUT2D eigenvalue weighted by Gasteiger charge is 2.21. The Hall–Kier alpha value is -1.89. The molecule has 1 aliphatic rings. The second-order valence-corrected chi connectivity index (χ2v) is 5.70. The van der Waals surface area contributed by atoms with Crippen LogP contribution < -0.4 is 15.5 Å². The molecule has 3 rings (SSSR count). The Morgan fingerprint density at radius 2 is 1.67 bits per heavy atom. The third-order valence-electron chi connectivity index (χ3n) is 3.52. The lowest BCUT2D eigenvalue weighted by Crippen LogP contribution is -2.47. The van der Waals surface area contributed by atoms with Crippen LogP contribution in [0.25, 0.3) is 0 Å². The standard InChI is InChI=1S/C14H15BrFN5/c15-10-8-13(12(17)9-11(10)16)20-4-6-21(7-5-20)14-18-2-1-3-19-14/h1-3,8-9H,4-7,17H2. The van der Waals surface area contributed by atoms with Crippen LogP contribution in [0.1, 0.15) is 0 Å². The van der Waals surface area contributed by atoms with E-state index in [0.717, 1.165) is 37.8 Å². The molecule has 2 aromatic rings. The van der Waals surface area contributed by atoms with Gasteiger partial charge < -0.3 is 15.5 Å². The Morgan fingerprint density at radius 3 is 2.33 bits per heavy atom. The van der Waals surface area contributed by atoms with E-state index in [0.29, 0.717) is 10.2 Å². The third kappa shape index (κ3) is 2.92. The average molecular weight is 352 g/mol. The van der Waals surface area contributed by atoms with Crippen LogP contribution >= 0.6 is 15.9 Å². The molecule has 5 nitrogen and oxygen atoms in total. The highest BCUT2D eigenvalue weighted by atomic mass is 79.9. The minimum atomic E-state index is -0.340. The molecule has 0 spiro atoms. The van der Waals surface area contributed by atoms with Gasteiger partial charge >= 0.3 is 0 Å². The van der Waals surface area contributed by atoms with Crippen molar-refractivity contribution >= 4 is 33.3 Å². The zero-order valence-corrected chi connectivity index (χ0v) is 12.9. The molecule has 0 radical (unpaired) electrons. The summed E-state index contributed by atoms with van der Waals surface area (Å²) in [6.45, 7) is 3.19. The van der Waals surface area contributed by atoms with Gasteiger partial charge in [0, 0.05) is 44.6 Å². The van der Waals surface area contributed by atoms with E-state index in [9.17, 15) is 4.39 Å². The van der Waals surface area contributed by atoms with Crippen molar-refractivity contribution in [2.24, 2.45) is 0 Å². The maximum absolute atomic E-state index is 13.4. The highest BCUT2D eigenvalue weighted by Crippen LogP contribution is 2.30. The predicted octanol–water partition coefficient (Wildman–Crippen LogP) is 2.29. The van der Waals surface area contributed by atoms with Gasteiger partial charge in [0.05, 0.1) is 15.8 Å². The monoisotopic (exact) mass is 351 g/mol. The normalized spacial score (nSPS) is 15.3. The van der Waals surface area contributed by atoms with Crippen LogP contribution in [0, 0.1) is 5.82 Å². The van der Waals surface area contributed by atoms with Gasteiger partial charge in [-0.2, -0.15) is 0 Å². The fourth-order valence-corrected chi connectivity index (χ4v) is 2.76. The van der Waals surface area contributed by atoms with E-state index in [-0.39, 0.29) is 5.82 Å². The molecule has 21 heavy (non-hydrogen) atoms. The fourth-order valence-electron chi connectivity index (χ4n) is 2.43. The fraction of sp³-hybridized carbons (Fsp3) is 0.286. The first-order valence-corrected chi connectivity index (χ1v) is 7.46. The van der Waals surface area contributed by atoms with E-state index in [4.69, 9.17) is 5.73 Å². The number of rotatable bonds is 2. The summed E-state index contributed by atoms with van der Waals surface area (Å²) in [6, 6.07) is 4.89. The van der Waals surface area contributed by atoms with Gasteiger partial charge in [-0.1, -0.05) is 0 Å². The van der Waals surface area contributed by atoms with Crippen LogP contribution in [0.15, 0.2) is 35.1 Å². The van der Waals surface area contributed by atoms with Crippen LogP contribution in [0.4, 0.5) is 21.7 Å². The maximum atomic E-state index is 13.4. The molecule has 0 aliphatic carbocycles. The first-order valence-electron chi connectivity index (χ1n) is 6.66. The molecule has 1 aromatic heterocycles. The van der Waals surface area contributed by atoms with Gasteiger partial charge in [-0.3, -0.25) is 0 Å². The van der Waals surface area contributed by atoms with E-state index in [2.05, 4.69) is 35.7 Å². The quantitative estimate of drug-likeness (QED) is 0.841. The van der Waals surface area contributed by atoms with Gasteiger partial charge in [-0.15, -0.1) is 0 Å². The first kappa shape index (κ1) is 14.1. The Labute approximate surface area is 130 Å². The summed E-state index contributed by atoms with van der Waals surface area (Å²) in [5, 5.41) is 0. The van der Waals surface area contributed by atoms with E-state index in [1.54, 1.807) is 24.5 Å². The first-order chi connectivity index (χ1) is 10.1. The molecule has 1 saturated heterocycles. The molecule has 0 atom stereocenters. The van der Waals surface area contributed by atoms with Crippen molar-refractivity contribution in [1.29, 1.82) is 0 Å². The summed E-state index contributed by atoms with van der Waals surface area (Å²) < 4.78 is 13.9. The zero-order valence-electron chi connectivity index (χ0n) is 11.3. The average Bonchev–Trinajstić information content (AvgIpc) is 2.52. The molecular weight excluding hydrogens is 337 g/mol. The SMILES string of the molecule is Nc1cc(F)c(Br)cc1N1CCN(c2ncccn2)CC1. The molecule has 110 valence electrons. The lowest BCUT2D eigenvalue weighted by Gasteiger charge is -2.36. The number of hydrogen-bond acceptors (Lipinski definition) is 5. The molecule has 0 saturated carbocycles. The van der Waals surface area contributed by atoms with E-state index in [1.165, 1.54) is 6.07 Å². The van der Waals surface area contributed by atoms with Crippen molar-refractivity contribution in [3.05, 3.63) is 40.9 Å². The van der Waals surface area contributed by atoms with Gasteiger partial charge in [-0.05, 0) is 28.1 Å². The number of anilines is 3. The van der Waals surface area contributed by atoms with Gasteiger partial charge in [0.1, 0.15) is 5.82 Å². The summed E-state index contributed by atoms with van der Waals surface area (Å²) in [4.78, 5) is 12.8. The second-order valence-electron chi connectivity index (χ2n) is 4.85. The van der Waals surface area contributed by atoms with Crippen LogP contribution in [-0.2, 0) is 0 Å². The molecule has 1 fully saturated rings. The van der Waals surface area contributed by atoms with Crippen molar-refractivity contribution < 1.29 is 4.39 Å². The van der Waals surface area contributed by atoms with Gasteiger partial charge in [0.15, 0.2) is 0 Å². The Kier molecular flexibility index (Phi) is 3.92. The number of halogens is 2. The zero-order chi connectivity index (χ0) is 14.8. The molecular formula is C14H15BrFN5. The number of nitrogen functional groups attached to an aromatic ring is 1. The Bertz CT molecular complexity index is 629. The molecule has 0 amide bonds. The topological polar surface area (TPSA) is 58.3 Å². The Balaban J connectivity index is 1.73. The predicted molar refractivity (Wildman–Crippen MR) is 85.0 cm³/mol. The minimum Gasteiger partial charge on any atom is -0.397 e. The minimum absolute atomic E-state index is 0.340. The number of benzene rings is 1. The molecule has 2 N–H and O–H groups in total. The van der Waals surface area contributed by atoms with Gasteiger partial charge in [0.2, 0.25) is 5.95 Å². The molecule has 1 aliphatic heterocycles. The molecule has 1 aromatic carbocycles. The largest absolute Gasteiger partial charge is 0.397 e. The van der Waals surface area contributed by atoms with E-state index < -0.39 is 0 Å². The van der Waals surface area contributed by atoms with Crippen LogP contribution in [0.2, 0.25) is 0 Å². The molecule has 0 bridgehead atoms. The van der Waals surface area contributed by atoms with Crippen molar-refractivity contribution in [2.45, 2.75) is 0 Å². The highest BCUT2D eigenvalue weighted by molar-refractivity contribution is 9.10. The van der Waals surface area contributed by atoms with Crippen LogP contribution in [0.5, 0.6) is 0 Å². The third-order valence-corrected chi connectivity index (χ3v) is 4.13. The van der Waals surface area contributed by atoms with Crippen molar-refractivity contribution in [1.82, 2.24) is 9.97 Å². The number of piperazine rings is 1. The van der Waals surface area contributed by atoms with Gasteiger partial charge in [-0.25, -0.2) is 14.4 Å². The van der Waals surface area contributed by atoms with Crippen molar-refractivity contribution in [3.8, 4) is 0 Å². The summed E-state index contributed by atoms with van der Waals surface area (Å²) in [6.07, 6.45) is 3.48. The number of nitrogens with zero attached hydrogens (tertiary/aromatic N) is 4. The molecule has 0 unspecified atom stereocenters. The number of aromatic nitrogens is 2. The smallest absolute Gasteiger partial charge is 0.225 e. The number of nitrogens with two attached hydrogens (primary N) is 1. The summed E-state index contributed by atoms with van der Waals surface area (Å²) >= 11 is 3.21. The Morgan fingerprint density at radius 1 is 1.05 bits per heavy atom. The number of hydrogen-bond donors (Lipinski definition) is 1. The van der Waals surface area contributed by atoms with Gasteiger partial charge in [0.25, 0.3) is 0 Å². The summed E-state index contributed by atoms with van der Waals surface area (Å²) in [5.41, 5.74) is 7.24. The van der Waals surface area contributed by atoms with Crippen molar-refractivity contribution in [2.75, 3.05) is 41.7 Å².